The molecule has 1 atom stereocenters. The highest BCUT2D eigenvalue weighted by Gasteiger charge is 2.27. The van der Waals surface area contributed by atoms with Crippen molar-refractivity contribution < 1.29 is 23.1 Å². The number of carbonyl (C=O) groups excluding carboxylic acids is 1. The third-order valence-electron chi connectivity index (χ3n) is 4.74. The summed E-state index contributed by atoms with van der Waals surface area (Å²) in [5.74, 6) is -0.970. The second-order valence-corrected chi connectivity index (χ2v) is 9.68. The van der Waals surface area contributed by atoms with Gasteiger partial charge in [-0.25, -0.2) is 23.1 Å². The Bertz CT molecular complexity index is 1140. The molecule has 1 aromatic carbocycles. The van der Waals surface area contributed by atoms with Gasteiger partial charge in [-0.3, -0.25) is 4.79 Å². The molecule has 0 saturated heterocycles. The first-order valence-corrected chi connectivity index (χ1v) is 11.1. The lowest BCUT2D eigenvalue weighted by Gasteiger charge is -2.23. The van der Waals surface area contributed by atoms with Gasteiger partial charge in [0.15, 0.2) is 0 Å². The Balaban J connectivity index is 1.85. The fourth-order valence-corrected chi connectivity index (χ4v) is 3.49. The van der Waals surface area contributed by atoms with Crippen LogP contribution in [0.5, 0.6) is 0 Å². The van der Waals surface area contributed by atoms with E-state index in [1.165, 1.54) is 57.4 Å². The maximum Gasteiger partial charge on any atom is 0.255 e. The number of alkyl halides is 2. The molecule has 33 heavy (non-hydrogen) atoms. The van der Waals surface area contributed by atoms with Crippen LogP contribution in [-0.2, 0) is 0 Å². The van der Waals surface area contributed by atoms with Gasteiger partial charge >= 0.3 is 0 Å². The van der Waals surface area contributed by atoms with Gasteiger partial charge in [-0.05, 0) is 33.8 Å². The number of halogens is 3. The van der Waals surface area contributed by atoms with Crippen molar-refractivity contribution in [3.63, 3.8) is 0 Å². The lowest BCUT2D eigenvalue weighted by atomic mass is 10.0. The molecule has 0 saturated carbocycles. The first-order valence-electron chi connectivity index (χ1n) is 10.2. The van der Waals surface area contributed by atoms with Gasteiger partial charge < -0.3 is 21.1 Å². The quantitative estimate of drug-likeness (QED) is 0.357. The number of nitrogens with one attached hydrogen (secondary N) is 3. The third-order valence-corrected chi connectivity index (χ3v) is 5.53. The number of pyridine rings is 1. The molecular formula is C22H26F3N5O2S. The van der Waals surface area contributed by atoms with E-state index in [1.54, 1.807) is 11.6 Å². The molecule has 2 aromatic heterocycles. The van der Waals surface area contributed by atoms with Crippen molar-refractivity contribution in [2.45, 2.75) is 45.1 Å². The predicted molar refractivity (Wildman–Crippen MR) is 124 cm³/mol. The van der Waals surface area contributed by atoms with E-state index in [-0.39, 0.29) is 29.3 Å². The molecular weight excluding hydrogens is 455 g/mol. The van der Waals surface area contributed by atoms with Gasteiger partial charge in [-0.15, -0.1) is 11.3 Å². The SMILES string of the molecule is CC(C)(F)CNc1cc(Nc2cc3scnc3cc2F)ncc1C(=O)NCC(F)C(C)(C)O. The number of hydrogen-bond acceptors (Lipinski definition) is 7. The molecule has 0 bridgehead atoms. The molecule has 0 aliphatic heterocycles. The van der Waals surface area contributed by atoms with Gasteiger partial charge in [0.1, 0.15) is 23.5 Å². The van der Waals surface area contributed by atoms with E-state index in [1.807, 2.05) is 0 Å². The number of hydrogen-bond donors (Lipinski definition) is 4. The fraction of sp³-hybridized carbons (Fsp3) is 0.409. The van der Waals surface area contributed by atoms with Crippen LogP contribution in [0.25, 0.3) is 10.2 Å². The summed E-state index contributed by atoms with van der Waals surface area (Å²) in [6.07, 6.45) is -0.465. The summed E-state index contributed by atoms with van der Waals surface area (Å²) in [6.45, 7) is 4.80. The van der Waals surface area contributed by atoms with Crippen molar-refractivity contribution in [2.24, 2.45) is 0 Å². The van der Waals surface area contributed by atoms with E-state index in [0.29, 0.717) is 5.52 Å². The number of fused-ring (bicyclic) bond motifs is 1. The number of nitrogens with zero attached hydrogens (tertiary/aromatic N) is 2. The lowest BCUT2D eigenvalue weighted by Crippen LogP contribution is -2.42. The van der Waals surface area contributed by atoms with E-state index in [0.717, 1.165) is 4.70 Å². The molecule has 0 spiro atoms. The van der Waals surface area contributed by atoms with E-state index in [9.17, 15) is 23.1 Å². The monoisotopic (exact) mass is 481 g/mol. The van der Waals surface area contributed by atoms with Crippen LogP contribution in [0.2, 0.25) is 0 Å². The fourth-order valence-electron chi connectivity index (χ4n) is 2.80. The Labute approximate surface area is 193 Å². The summed E-state index contributed by atoms with van der Waals surface area (Å²) in [5.41, 5.74) is -0.618. The van der Waals surface area contributed by atoms with Crippen molar-refractivity contribution in [3.05, 3.63) is 41.3 Å². The zero-order valence-electron chi connectivity index (χ0n) is 18.7. The smallest absolute Gasteiger partial charge is 0.255 e. The van der Waals surface area contributed by atoms with Crippen LogP contribution in [0, 0.1) is 5.82 Å². The average molecular weight is 482 g/mol. The molecule has 0 aliphatic rings. The highest BCUT2D eigenvalue weighted by atomic mass is 32.1. The zero-order chi connectivity index (χ0) is 24.4. The number of carbonyl (C=O) groups is 1. The summed E-state index contributed by atoms with van der Waals surface area (Å²) >= 11 is 1.36. The van der Waals surface area contributed by atoms with E-state index >= 15 is 0 Å². The maximum atomic E-state index is 14.5. The standard InChI is InChI=1S/C22H26F3N5O2S/c1-21(2,25)10-28-14-7-19(30-15-6-17-16(5-13(15)23)29-11-33-17)26-8-12(14)20(31)27-9-18(24)22(3,4)32/h5-8,11,18,32H,9-10H2,1-4H3,(H,27,31)(H2,26,28,30). The van der Waals surface area contributed by atoms with Crippen molar-refractivity contribution in [3.8, 4) is 0 Å². The minimum Gasteiger partial charge on any atom is -0.387 e. The number of aromatic nitrogens is 2. The van der Waals surface area contributed by atoms with E-state index < -0.39 is 35.7 Å². The normalized spacial score (nSPS) is 13.1. The van der Waals surface area contributed by atoms with Crippen LogP contribution in [0.1, 0.15) is 38.1 Å². The summed E-state index contributed by atoms with van der Waals surface area (Å²) in [4.78, 5) is 20.9. The molecule has 11 heteroatoms. The summed E-state index contributed by atoms with van der Waals surface area (Å²) in [7, 11) is 0. The van der Waals surface area contributed by atoms with Crippen LogP contribution < -0.4 is 16.0 Å². The predicted octanol–water partition coefficient (Wildman–Crippen LogP) is 4.57. The topological polar surface area (TPSA) is 99.2 Å². The lowest BCUT2D eigenvalue weighted by molar-refractivity contribution is -0.00177. The molecule has 0 radical (unpaired) electrons. The van der Waals surface area contributed by atoms with Gasteiger partial charge in [0.05, 0.1) is 44.8 Å². The van der Waals surface area contributed by atoms with Gasteiger partial charge in [-0.1, -0.05) is 0 Å². The Morgan fingerprint density at radius 2 is 1.91 bits per heavy atom. The maximum absolute atomic E-state index is 14.5. The Morgan fingerprint density at radius 1 is 1.18 bits per heavy atom. The highest BCUT2D eigenvalue weighted by molar-refractivity contribution is 7.16. The van der Waals surface area contributed by atoms with Gasteiger partial charge in [0, 0.05) is 24.9 Å². The number of thiazole rings is 1. The highest BCUT2D eigenvalue weighted by Crippen LogP contribution is 2.29. The summed E-state index contributed by atoms with van der Waals surface area (Å²) in [5, 5.41) is 17.8. The summed E-state index contributed by atoms with van der Waals surface area (Å²) < 4.78 is 43.3. The Hall–Kier alpha value is -2.92. The average Bonchev–Trinajstić information content (AvgIpc) is 3.16. The van der Waals surface area contributed by atoms with Crippen molar-refractivity contribution in [2.75, 3.05) is 23.7 Å². The molecule has 0 aliphatic carbocycles. The number of rotatable bonds is 9. The second-order valence-electron chi connectivity index (χ2n) is 8.80. The molecule has 2 heterocycles. The first kappa shape index (κ1) is 24.7. The molecule has 3 aromatic rings. The molecule has 4 N–H and O–H groups in total. The molecule has 1 unspecified atom stereocenters. The summed E-state index contributed by atoms with van der Waals surface area (Å²) in [6, 6.07) is 4.34. The van der Waals surface area contributed by atoms with Crippen molar-refractivity contribution >= 4 is 44.7 Å². The Kier molecular flexibility index (Phi) is 7.13. The molecule has 7 nitrogen and oxygen atoms in total. The first-order chi connectivity index (χ1) is 15.3. The molecule has 178 valence electrons. The van der Waals surface area contributed by atoms with Crippen molar-refractivity contribution in [1.29, 1.82) is 0 Å². The third kappa shape index (κ3) is 6.55. The van der Waals surface area contributed by atoms with Crippen LogP contribution in [0.3, 0.4) is 0 Å². The number of amides is 1. The van der Waals surface area contributed by atoms with E-state index in [4.69, 9.17) is 0 Å². The number of aliphatic hydroxyl groups is 1. The molecule has 3 rings (SSSR count). The van der Waals surface area contributed by atoms with Crippen LogP contribution >= 0.6 is 11.3 Å². The van der Waals surface area contributed by atoms with Crippen LogP contribution in [0.15, 0.2) is 29.9 Å². The van der Waals surface area contributed by atoms with Gasteiger partial charge in [0.25, 0.3) is 5.91 Å². The minimum absolute atomic E-state index is 0.0473. The number of benzene rings is 1. The number of anilines is 3. The van der Waals surface area contributed by atoms with Gasteiger partial charge in [-0.2, -0.15) is 0 Å². The van der Waals surface area contributed by atoms with Crippen LogP contribution in [-0.4, -0.2) is 51.5 Å². The van der Waals surface area contributed by atoms with Gasteiger partial charge in [0.2, 0.25) is 0 Å². The zero-order valence-corrected chi connectivity index (χ0v) is 19.5. The Morgan fingerprint density at radius 3 is 2.58 bits per heavy atom. The largest absolute Gasteiger partial charge is 0.387 e. The van der Waals surface area contributed by atoms with E-state index in [2.05, 4.69) is 25.9 Å². The van der Waals surface area contributed by atoms with Crippen LogP contribution in [0.4, 0.5) is 30.4 Å². The van der Waals surface area contributed by atoms with Crippen molar-refractivity contribution in [1.82, 2.24) is 15.3 Å². The molecule has 1 amide bonds. The molecule has 0 fully saturated rings. The second kappa shape index (κ2) is 9.52. The minimum atomic E-state index is -1.69.